The van der Waals surface area contributed by atoms with Crippen LogP contribution in [0.25, 0.3) is 0 Å². The van der Waals surface area contributed by atoms with Crippen LogP contribution in [0.5, 0.6) is 0 Å². The highest BCUT2D eigenvalue weighted by Crippen LogP contribution is 2.17. The van der Waals surface area contributed by atoms with E-state index in [2.05, 4.69) is 5.32 Å². The van der Waals surface area contributed by atoms with Crippen molar-refractivity contribution < 1.29 is 9.59 Å². The molecule has 0 saturated heterocycles. The highest BCUT2D eigenvalue weighted by atomic mass is 16.2. The summed E-state index contributed by atoms with van der Waals surface area (Å²) in [5, 5.41) is 2.84. The average molecular weight is 268 g/mol. The van der Waals surface area contributed by atoms with Crippen LogP contribution in [-0.4, -0.2) is 11.8 Å². The minimum absolute atomic E-state index is 0.0720. The third-order valence-electron chi connectivity index (χ3n) is 2.95. The standard InChI is InChI=1S/C16H16N2O2/c17-15(19)11-14(12-7-3-1-4-8-12)18-16(20)13-9-5-2-6-10-13/h1-10,14H,11H2,(H2,17,19)(H,18,20)/t14-/m1/s1. The van der Waals surface area contributed by atoms with Crippen LogP contribution in [0.3, 0.4) is 0 Å². The lowest BCUT2D eigenvalue weighted by Crippen LogP contribution is -2.31. The summed E-state index contributed by atoms with van der Waals surface area (Å²) in [5.41, 5.74) is 6.67. The van der Waals surface area contributed by atoms with E-state index in [9.17, 15) is 9.59 Å². The number of carbonyl (C=O) groups is 2. The molecule has 0 aliphatic heterocycles. The van der Waals surface area contributed by atoms with E-state index in [0.29, 0.717) is 5.56 Å². The van der Waals surface area contributed by atoms with E-state index >= 15 is 0 Å². The Kier molecular flexibility index (Phi) is 4.50. The smallest absolute Gasteiger partial charge is 0.251 e. The van der Waals surface area contributed by atoms with Crippen molar-refractivity contribution in [1.29, 1.82) is 0 Å². The molecule has 0 heterocycles. The minimum Gasteiger partial charge on any atom is -0.370 e. The molecule has 4 heteroatoms. The van der Waals surface area contributed by atoms with Gasteiger partial charge in [0.15, 0.2) is 0 Å². The van der Waals surface area contributed by atoms with E-state index in [1.165, 1.54) is 0 Å². The molecule has 2 aromatic carbocycles. The maximum atomic E-state index is 12.1. The average Bonchev–Trinajstić information content (AvgIpc) is 2.48. The van der Waals surface area contributed by atoms with Crippen LogP contribution in [0.15, 0.2) is 60.7 Å². The zero-order chi connectivity index (χ0) is 14.4. The van der Waals surface area contributed by atoms with Gasteiger partial charge in [0.1, 0.15) is 0 Å². The summed E-state index contributed by atoms with van der Waals surface area (Å²) >= 11 is 0. The normalized spacial score (nSPS) is 11.6. The molecule has 20 heavy (non-hydrogen) atoms. The molecule has 1 atom stereocenters. The molecule has 0 spiro atoms. The summed E-state index contributed by atoms with van der Waals surface area (Å²) in [7, 11) is 0. The van der Waals surface area contributed by atoms with E-state index in [1.807, 2.05) is 36.4 Å². The first-order chi connectivity index (χ1) is 9.66. The van der Waals surface area contributed by atoms with Crippen molar-refractivity contribution in [2.24, 2.45) is 5.73 Å². The van der Waals surface area contributed by atoms with Crippen LogP contribution in [0, 0.1) is 0 Å². The lowest BCUT2D eigenvalue weighted by atomic mass is 10.0. The Hall–Kier alpha value is -2.62. The molecule has 0 aliphatic carbocycles. The molecule has 3 N–H and O–H groups in total. The van der Waals surface area contributed by atoms with Gasteiger partial charge in [0.05, 0.1) is 12.5 Å². The Morgan fingerprint density at radius 3 is 2.05 bits per heavy atom. The fraction of sp³-hybridized carbons (Fsp3) is 0.125. The summed E-state index contributed by atoms with van der Waals surface area (Å²) in [6.45, 7) is 0. The van der Waals surface area contributed by atoms with Gasteiger partial charge in [-0.25, -0.2) is 0 Å². The Morgan fingerprint density at radius 1 is 0.950 bits per heavy atom. The second-order valence-electron chi connectivity index (χ2n) is 4.47. The van der Waals surface area contributed by atoms with E-state index < -0.39 is 11.9 Å². The summed E-state index contributed by atoms with van der Waals surface area (Å²) in [4.78, 5) is 23.3. The molecule has 0 fully saturated rings. The summed E-state index contributed by atoms with van der Waals surface area (Å²) in [6.07, 6.45) is 0.0720. The van der Waals surface area contributed by atoms with Crippen LogP contribution in [0.4, 0.5) is 0 Å². The summed E-state index contributed by atoms with van der Waals surface area (Å²) in [5.74, 6) is -0.673. The number of carbonyl (C=O) groups excluding carboxylic acids is 2. The zero-order valence-corrected chi connectivity index (χ0v) is 11.0. The number of hydrogen-bond acceptors (Lipinski definition) is 2. The van der Waals surface area contributed by atoms with Crippen LogP contribution >= 0.6 is 0 Å². The first-order valence-electron chi connectivity index (χ1n) is 6.36. The SMILES string of the molecule is NC(=O)C[C@@H](NC(=O)c1ccccc1)c1ccccc1. The van der Waals surface area contributed by atoms with Crippen molar-refractivity contribution >= 4 is 11.8 Å². The quantitative estimate of drug-likeness (QED) is 0.871. The largest absolute Gasteiger partial charge is 0.370 e. The molecule has 0 aromatic heterocycles. The maximum absolute atomic E-state index is 12.1. The van der Waals surface area contributed by atoms with Gasteiger partial charge in [-0.1, -0.05) is 48.5 Å². The Balaban J connectivity index is 2.16. The van der Waals surface area contributed by atoms with Gasteiger partial charge in [-0.05, 0) is 17.7 Å². The van der Waals surface area contributed by atoms with E-state index in [-0.39, 0.29) is 12.3 Å². The highest BCUT2D eigenvalue weighted by molar-refractivity contribution is 5.94. The van der Waals surface area contributed by atoms with Gasteiger partial charge in [-0.2, -0.15) is 0 Å². The second kappa shape index (κ2) is 6.52. The van der Waals surface area contributed by atoms with Crippen LogP contribution in [0.2, 0.25) is 0 Å². The Bertz CT molecular complexity index is 582. The van der Waals surface area contributed by atoms with Gasteiger partial charge in [0.25, 0.3) is 5.91 Å². The number of nitrogens with one attached hydrogen (secondary N) is 1. The monoisotopic (exact) mass is 268 g/mol. The molecular formula is C16H16N2O2. The Morgan fingerprint density at radius 2 is 1.50 bits per heavy atom. The Labute approximate surface area is 117 Å². The van der Waals surface area contributed by atoms with Crippen LogP contribution in [0.1, 0.15) is 28.4 Å². The fourth-order valence-electron chi connectivity index (χ4n) is 1.97. The van der Waals surface area contributed by atoms with Crippen molar-refractivity contribution in [1.82, 2.24) is 5.32 Å². The van der Waals surface area contributed by atoms with Crippen molar-refractivity contribution in [3.05, 3.63) is 71.8 Å². The molecule has 2 aromatic rings. The molecule has 2 amide bonds. The van der Waals surface area contributed by atoms with Gasteiger partial charge in [0.2, 0.25) is 5.91 Å². The minimum atomic E-state index is -0.452. The number of amides is 2. The molecule has 0 saturated carbocycles. The lowest BCUT2D eigenvalue weighted by Gasteiger charge is -2.17. The lowest BCUT2D eigenvalue weighted by molar-refractivity contribution is -0.118. The van der Waals surface area contributed by atoms with Crippen molar-refractivity contribution in [2.75, 3.05) is 0 Å². The summed E-state index contributed by atoms with van der Waals surface area (Å²) < 4.78 is 0. The van der Waals surface area contributed by atoms with E-state index in [0.717, 1.165) is 5.56 Å². The van der Waals surface area contributed by atoms with Gasteiger partial charge < -0.3 is 11.1 Å². The maximum Gasteiger partial charge on any atom is 0.251 e. The number of hydrogen-bond donors (Lipinski definition) is 2. The van der Waals surface area contributed by atoms with Crippen molar-refractivity contribution in [3.8, 4) is 0 Å². The van der Waals surface area contributed by atoms with Gasteiger partial charge in [-0.3, -0.25) is 9.59 Å². The summed E-state index contributed by atoms with van der Waals surface area (Å²) in [6, 6.07) is 17.8. The van der Waals surface area contributed by atoms with E-state index in [4.69, 9.17) is 5.73 Å². The molecule has 2 rings (SSSR count). The zero-order valence-electron chi connectivity index (χ0n) is 11.0. The third kappa shape index (κ3) is 3.68. The fourth-order valence-corrected chi connectivity index (χ4v) is 1.97. The molecule has 0 bridgehead atoms. The first kappa shape index (κ1) is 13.8. The molecule has 102 valence electrons. The molecular weight excluding hydrogens is 252 g/mol. The number of nitrogens with two attached hydrogens (primary N) is 1. The molecule has 4 nitrogen and oxygen atoms in total. The van der Waals surface area contributed by atoms with Crippen LogP contribution < -0.4 is 11.1 Å². The first-order valence-corrected chi connectivity index (χ1v) is 6.36. The van der Waals surface area contributed by atoms with E-state index in [1.54, 1.807) is 24.3 Å². The number of rotatable bonds is 5. The molecule has 0 aliphatic rings. The highest BCUT2D eigenvalue weighted by Gasteiger charge is 2.17. The number of primary amides is 1. The van der Waals surface area contributed by atoms with Crippen LogP contribution in [-0.2, 0) is 4.79 Å². The van der Waals surface area contributed by atoms with Crippen molar-refractivity contribution in [3.63, 3.8) is 0 Å². The second-order valence-corrected chi connectivity index (χ2v) is 4.47. The van der Waals surface area contributed by atoms with Crippen molar-refractivity contribution in [2.45, 2.75) is 12.5 Å². The third-order valence-corrected chi connectivity index (χ3v) is 2.95. The molecule has 0 radical (unpaired) electrons. The van der Waals surface area contributed by atoms with Gasteiger partial charge in [-0.15, -0.1) is 0 Å². The number of benzene rings is 2. The predicted octanol–water partition coefficient (Wildman–Crippen LogP) is 2.03. The molecule has 0 unspecified atom stereocenters. The topological polar surface area (TPSA) is 72.2 Å². The van der Waals surface area contributed by atoms with Gasteiger partial charge >= 0.3 is 0 Å². The predicted molar refractivity (Wildman–Crippen MR) is 76.9 cm³/mol. The van der Waals surface area contributed by atoms with Gasteiger partial charge in [0, 0.05) is 5.56 Å².